The number of benzene rings is 2. The van der Waals surface area contributed by atoms with E-state index in [0.29, 0.717) is 22.4 Å². The van der Waals surface area contributed by atoms with Gasteiger partial charge in [-0.25, -0.2) is 9.18 Å². The summed E-state index contributed by atoms with van der Waals surface area (Å²) in [6.07, 6.45) is -0.0748. The first-order valence-electron chi connectivity index (χ1n) is 6.74. The van der Waals surface area contributed by atoms with E-state index in [4.69, 9.17) is 0 Å². The van der Waals surface area contributed by atoms with Crippen molar-refractivity contribution < 1.29 is 18.7 Å². The second kappa shape index (κ2) is 6.85. The molecule has 0 spiro atoms. The molecule has 2 aromatic rings. The molecule has 0 aliphatic carbocycles. The first-order valence-corrected chi connectivity index (χ1v) is 6.74. The molecule has 0 saturated heterocycles. The average Bonchev–Trinajstić information content (AvgIpc) is 2.51. The summed E-state index contributed by atoms with van der Waals surface area (Å²) in [4.78, 5) is 23.7. The molecule has 0 unspecified atom stereocenters. The summed E-state index contributed by atoms with van der Waals surface area (Å²) >= 11 is 0. The number of hydrogen-bond donors (Lipinski definition) is 1. The third-order valence-electron chi connectivity index (χ3n) is 3.32. The van der Waals surface area contributed by atoms with Crippen molar-refractivity contribution in [2.24, 2.45) is 0 Å². The molecular formula is C17H16FNO3. The van der Waals surface area contributed by atoms with Crippen molar-refractivity contribution in [3.63, 3.8) is 0 Å². The molecule has 114 valence electrons. The Hall–Kier alpha value is -2.69. The molecule has 0 bridgehead atoms. The number of hydrogen-bond acceptors (Lipinski definition) is 3. The minimum absolute atomic E-state index is 0.0748. The SMILES string of the molecule is COC(=O)c1cccc(NC(=O)Cc2ccccc2F)c1C. The third-order valence-corrected chi connectivity index (χ3v) is 3.32. The molecule has 0 fully saturated rings. The highest BCUT2D eigenvalue weighted by Crippen LogP contribution is 2.20. The van der Waals surface area contributed by atoms with Gasteiger partial charge in [-0.1, -0.05) is 24.3 Å². The van der Waals surface area contributed by atoms with Crippen molar-refractivity contribution in [3.8, 4) is 0 Å². The fourth-order valence-corrected chi connectivity index (χ4v) is 2.11. The number of ether oxygens (including phenoxy) is 1. The molecule has 0 saturated carbocycles. The lowest BCUT2D eigenvalue weighted by Gasteiger charge is -2.11. The van der Waals surface area contributed by atoms with Gasteiger partial charge in [0.15, 0.2) is 0 Å². The maximum atomic E-state index is 13.5. The van der Waals surface area contributed by atoms with Gasteiger partial charge in [0.1, 0.15) is 5.82 Å². The molecule has 5 heteroatoms. The van der Waals surface area contributed by atoms with Gasteiger partial charge >= 0.3 is 5.97 Å². The van der Waals surface area contributed by atoms with Crippen LogP contribution in [-0.2, 0) is 16.0 Å². The number of nitrogens with one attached hydrogen (secondary N) is 1. The van der Waals surface area contributed by atoms with Crippen LogP contribution in [0.4, 0.5) is 10.1 Å². The molecule has 0 aliphatic rings. The van der Waals surface area contributed by atoms with Gasteiger partial charge in [0.2, 0.25) is 5.91 Å². The monoisotopic (exact) mass is 301 g/mol. The lowest BCUT2D eigenvalue weighted by molar-refractivity contribution is -0.115. The normalized spacial score (nSPS) is 10.1. The van der Waals surface area contributed by atoms with E-state index in [2.05, 4.69) is 10.1 Å². The second-order valence-corrected chi connectivity index (χ2v) is 4.79. The number of methoxy groups -OCH3 is 1. The van der Waals surface area contributed by atoms with Crippen LogP contribution in [0.15, 0.2) is 42.5 Å². The molecule has 0 atom stereocenters. The molecule has 2 aromatic carbocycles. The highest BCUT2D eigenvalue weighted by molar-refractivity contribution is 5.97. The van der Waals surface area contributed by atoms with E-state index in [0.717, 1.165) is 0 Å². The predicted molar refractivity (Wildman–Crippen MR) is 81.3 cm³/mol. The van der Waals surface area contributed by atoms with Gasteiger partial charge < -0.3 is 10.1 Å². The smallest absolute Gasteiger partial charge is 0.338 e. The van der Waals surface area contributed by atoms with E-state index in [-0.39, 0.29) is 12.3 Å². The lowest BCUT2D eigenvalue weighted by Crippen LogP contribution is -2.17. The molecule has 1 N–H and O–H groups in total. The van der Waals surface area contributed by atoms with Crippen molar-refractivity contribution in [2.75, 3.05) is 12.4 Å². The van der Waals surface area contributed by atoms with Crippen molar-refractivity contribution in [3.05, 3.63) is 65.0 Å². The number of anilines is 1. The summed E-state index contributed by atoms with van der Waals surface area (Å²) < 4.78 is 18.2. The van der Waals surface area contributed by atoms with E-state index >= 15 is 0 Å². The van der Waals surface area contributed by atoms with E-state index in [1.165, 1.54) is 13.2 Å². The van der Waals surface area contributed by atoms with E-state index in [1.54, 1.807) is 43.3 Å². The van der Waals surface area contributed by atoms with Crippen LogP contribution in [0.5, 0.6) is 0 Å². The summed E-state index contributed by atoms with van der Waals surface area (Å²) in [5.41, 5.74) is 1.81. The van der Waals surface area contributed by atoms with Gasteiger partial charge in [-0.15, -0.1) is 0 Å². The summed E-state index contributed by atoms with van der Waals surface area (Å²) in [5.74, 6) is -1.24. The fraction of sp³-hybridized carbons (Fsp3) is 0.176. The van der Waals surface area contributed by atoms with Crippen molar-refractivity contribution in [2.45, 2.75) is 13.3 Å². The topological polar surface area (TPSA) is 55.4 Å². The maximum Gasteiger partial charge on any atom is 0.338 e. The molecule has 2 rings (SSSR count). The summed E-state index contributed by atoms with van der Waals surface area (Å²) in [5, 5.41) is 2.69. The predicted octanol–water partition coefficient (Wildman–Crippen LogP) is 3.10. The number of rotatable bonds is 4. The Balaban J connectivity index is 2.16. The standard InChI is InChI=1S/C17H16FNO3/c1-11-13(17(21)22-2)7-5-9-15(11)19-16(20)10-12-6-3-4-8-14(12)18/h3-9H,10H2,1-2H3,(H,19,20). The summed E-state index contributed by atoms with van der Waals surface area (Å²) in [7, 11) is 1.30. The zero-order valence-corrected chi connectivity index (χ0v) is 12.4. The highest BCUT2D eigenvalue weighted by Gasteiger charge is 2.14. The average molecular weight is 301 g/mol. The zero-order chi connectivity index (χ0) is 16.1. The van der Waals surface area contributed by atoms with E-state index < -0.39 is 11.8 Å². The van der Waals surface area contributed by atoms with Crippen LogP contribution < -0.4 is 5.32 Å². The highest BCUT2D eigenvalue weighted by atomic mass is 19.1. The third kappa shape index (κ3) is 3.49. The van der Waals surface area contributed by atoms with Crippen LogP contribution >= 0.6 is 0 Å². The Morgan fingerprint density at radius 3 is 2.55 bits per heavy atom. The zero-order valence-electron chi connectivity index (χ0n) is 12.4. The molecule has 22 heavy (non-hydrogen) atoms. The molecule has 0 aromatic heterocycles. The van der Waals surface area contributed by atoms with Crippen molar-refractivity contribution >= 4 is 17.6 Å². The van der Waals surface area contributed by atoms with Crippen molar-refractivity contribution in [1.82, 2.24) is 0 Å². The van der Waals surface area contributed by atoms with Crippen LogP contribution in [0.2, 0.25) is 0 Å². The van der Waals surface area contributed by atoms with Crippen LogP contribution in [0, 0.1) is 12.7 Å². The minimum Gasteiger partial charge on any atom is -0.465 e. The first-order chi connectivity index (χ1) is 10.5. The summed E-state index contributed by atoms with van der Waals surface area (Å²) in [6, 6.07) is 11.1. The number of amides is 1. The van der Waals surface area contributed by atoms with Gasteiger partial charge in [-0.2, -0.15) is 0 Å². The molecule has 0 radical (unpaired) electrons. The van der Waals surface area contributed by atoms with E-state index in [1.807, 2.05) is 0 Å². The van der Waals surface area contributed by atoms with E-state index in [9.17, 15) is 14.0 Å². The Morgan fingerprint density at radius 2 is 1.86 bits per heavy atom. The van der Waals surface area contributed by atoms with Gasteiger partial charge in [0.25, 0.3) is 0 Å². The molecular weight excluding hydrogens is 285 g/mol. The lowest BCUT2D eigenvalue weighted by atomic mass is 10.1. The molecule has 4 nitrogen and oxygen atoms in total. The van der Waals surface area contributed by atoms with Crippen LogP contribution in [0.3, 0.4) is 0 Å². The number of carbonyl (C=O) groups excluding carboxylic acids is 2. The maximum absolute atomic E-state index is 13.5. The largest absolute Gasteiger partial charge is 0.465 e. The minimum atomic E-state index is -0.470. The molecule has 1 amide bonds. The number of carbonyl (C=O) groups is 2. The Labute approximate surface area is 127 Å². The van der Waals surface area contributed by atoms with Gasteiger partial charge in [0.05, 0.1) is 19.1 Å². The Kier molecular flexibility index (Phi) is 4.88. The quantitative estimate of drug-likeness (QED) is 0.883. The van der Waals surface area contributed by atoms with Crippen LogP contribution in [-0.4, -0.2) is 19.0 Å². The van der Waals surface area contributed by atoms with Gasteiger partial charge in [-0.3, -0.25) is 4.79 Å². The second-order valence-electron chi connectivity index (χ2n) is 4.79. The first kappa shape index (κ1) is 15.7. The Morgan fingerprint density at radius 1 is 1.14 bits per heavy atom. The van der Waals surface area contributed by atoms with Crippen LogP contribution in [0.1, 0.15) is 21.5 Å². The number of halogens is 1. The van der Waals surface area contributed by atoms with Gasteiger partial charge in [-0.05, 0) is 36.2 Å². The fourth-order valence-electron chi connectivity index (χ4n) is 2.11. The van der Waals surface area contributed by atoms with Crippen molar-refractivity contribution in [1.29, 1.82) is 0 Å². The van der Waals surface area contributed by atoms with Gasteiger partial charge in [0, 0.05) is 5.69 Å². The number of esters is 1. The summed E-state index contributed by atoms with van der Waals surface area (Å²) in [6.45, 7) is 1.71. The molecule has 0 aliphatic heterocycles. The Bertz CT molecular complexity index is 713. The van der Waals surface area contributed by atoms with Crippen LogP contribution in [0.25, 0.3) is 0 Å². The molecule has 0 heterocycles.